The summed E-state index contributed by atoms with van der Waals surface area (Å²) in [6, 6.07) is 21.6. The van der Waals surface area contributed by atoms with Gasteiger partial charge in [-0.3, -0.25) is 4.79 Å². The number of hydrogen-bond donors (Lipinski definition) is 0. The Balaban J connectivity index is 1.61. The molecule has 1 amide bonds. The predicted molar refractivity (Wildman–Crippen MR) is 126 cm³/mol. The Hall–Kier alpha value is -3.71. The molecule has 3 heterocycles. The molecule has 2 aromatic heterocycles. The van der Waals surface area contributed by atoms with Crippen LogP contribution in [0.4, 0.5) is 0 Å². The Morgan fingerprint density at radius 1 is 1.06 bits per heavy atom. The van der Waals surface area contributed by atoms with Gasteiger partial charge in [0.25, 0.3) is 0 Å². The van der Waals surface area contributed by atoms with Crippen molar-refractivity contribution in [2.24, 2.45) is 5.10 Å². The number of hydrazone groups is 1. The third kappa shape index (κ3) is 3.71. The zero-order valence-corrected chi connectivity index (χ0v) is 18.6. The van der Waals surface area contributed by atoms with Gasteiger partial charge in [0, 0.05) is 30.7 Å². The first-order valence-electron chi connectivity index (χ1n) is 10.3. The lowest BCUT2D eigenvalue weighted by Crippen LogP contribution is -2.24. The zero-order chi connectivity index (χ0) is 22.1. The maximum atomic E-state index is 12.5. The van der Waals surface area contributed by atoms with Gasteiger partial charge in [0.1, 0.15) is 5.75 Å². The van der Waals surface area contributed by atoms with E-state index in [0.717, 1.165) is 38.8 Å². The van der Waals surface area contributed by atoms with Crippen LogP contribution >= 0.6 is 11.3 Å². The SMILES string of the molecule is COc1ccc(-c2nn(-c3ccccc3)cc2[C@@H]2CC(c3cccs3)=NN2C(C)=O)cc1. The number of nitrogens with zero attached hydrogens (tertiary/aromatic N) is 4. The van der Waals surface area contributed by atoms with Gasteiger partial charge in [0.15, 0.2) is 0 Å². The van der Waals surface area contributed by atoms with Crippen LogP contribution in [0, 0.1) is 0 Å². The number of carbonyl (C=O) groups excluding carboxylic acids is 1. The summed E-state index contributed by atoms with van der Waals surface area (Å²) in [5, 5.41) is 13.2. The molecular formula is C25H22N4O2S. The lowest BCUT2D eigenvalue weighted by atomic mass is 9.98. The van der Waals surface area contributed by atoms with Crippen LogP contribution in [0.3, 0.4) is 0 Å². The highest BCUT2D eigenvalue weighted by atomic mass is 32.1. The number of methoxy groups -OCH3 is 1. The highest BCUT2D eigenvalue weighted by Gasteiger charge is 2.35. The van der Waals surface area contributed by atoms with Crippen LogP contribution in [-0.4, -0.2) is 33.5 Å². The van der Waals surface area contributed by atoms with Crippen LogP contribution in [0.15, 0.2) is 83.4 Å². The summed E-state index contributed by atoms with van der Waals surface area (Å²) in [6.45, 7) is 1.56. The van der Waals surface area contributed by atoms with Crippen LogP contribution in [0.2, 0.25) is 0 Å². The summed E-state index contributed by atoms with van der Waals surface area (Å²) in [7, 11) is 1.65. The van der Waals surface area contributed by atoms with Crippen LogP contribution in [-0.2, 0) is 4.79 Å². The third-order valence-electron chi connectivity index (χ3n) is 5.52. The van der Waals surface area contributed by atoms with E-state index in [0.29, 0.717) is 6.42 Å². The van der Waals surface area contributed by atoms with E-state index in [4.69, 9.17) is 9.84 Å². The molecule has 0 fully saturated rings. The molecule has 0 saturated carbocycles. The van der Waals surface area contributed by atoms with Crippen molar-refractivity contribution in [3.63, 3.8) is 0 Å². The van der Waals surface area contributed by atoms with Gasteiger partial charge in [-0.15, -0.1) is 11.3 Å². The van der Waals surface area contributed by atoms with Gasteiger partial charge in [-0.1, -0.05) is 24.3 Å². The molecule has 0 N–H and O–H groups in total. The van der Waals surface area contributed by atoms with E-state index in [2.05, 4.69) is 5.10 Å². The number of benzene rings is 2. The number of hydrogen-bond acceptors (Lipinski definition) is 5. The van der Waals surface area contributed by atoms with Gasteiger partial charge < -0.3 is 4.74 Å². The van der Waals surface area contributed by atoms with Gasteiger partial charge in [-0.25, -0.2) is 9.69 Å². The van der Waals surface area contributed by atoms with Crippen molar-refractivity contribution in [3.05, 3.63) is 88.7 Å². The topological polar surface area (TPSA) is 59.7 Å². The molecular weight excluding hydrogens is 420 g/mol. The molecule has 4 aromatic rings. The predicted octanol–water partition coefficient (Wildman–Crippen LogP) is 5.31. The van der Waals surface area contributed by atoms with Crippen LogP contribution in [0.25, 0.3) is 16.9 Å². The fourth-order valence-corrected chi connectivity index (χ4v) is 4.67. The molecule has 0 saturated heterocycles. The Morgan fingerprint density at radius 3 is 2.50 bits per heavy atom. The molecule has 6 nitrogen and oxygen atoms in total. The Bertz CT molecular complexity index is 1260. The molecule has 2 aromatic carbocycles. The monoisotopic (exact) mass is 442 g/mol. The summed E-state index contributed by atoms with van der Waals surface area (Å²) in [5.41, 5.74) is 4.64. The largest absolute Gasteiger partial charge is 0.497 e. The Morgan fingerprint density at radius 2 is 1.84 bits per heavy atom. The summed E-state index contributed by atoms with van der Waals surface area (Å²) in [5.74, 6) is 0.696. The number of para-hydroxylation sites is 1. The average Bonchev–Trinajstić information content (AvgIpc) is 3.58. The van der Waals surface area contributed by atoms with E-state index in [9.17, 15) is 4.79 Å². The lowest BCUT2D eigenvalue weighted by Gasteiger charge is -2.20. The summed E-state index contributed by atoms with van der Waals surface area (Å²) < 4.78 is 7.19. The second-order valence-corrected chi connectivity index (χ2v) is 8.50. The summed E-state index contributed by atoms with van der Waals surface area (Å²) >= 11 is 1.63. The van der Waals surface area contributed by atoms with Gasteiger partial charge in [-0.2, -0.15) is 10.2 Å². The molecule has 32 heavy (non-hydrogen) atoms. The number of amides is 1. The molecule has 160 valence electrons. The van der Waals surface area contributed by atoms with E-state index in [1.807, 2.05) is 83.0 Å². The van der Waals surface area contributed by atoms with Crippen LogP contribution in [0.5, 0.6) is 5.75 Å². The second-order valence-electron chi connectivity index (χ2n) is 7.55. The number of carbonyl (C=O) groups is 1. The van der Waals surface area contributed by atoms with Gasteiger partial charge >= 0.3 is 0 Å². The number of ether oxygens (including phenoxy) is 1. The Labute approximate surface area is 190 Å². The van der Waals surface area contributed by atoms with E-state index in [1.165, 1.54) is 0 Å². The molecule has 5 rings (SSSR count). The van der Waals surface area contributed by atoms with Gasteiger partial charge in [0.2, 0.25) is 5.91 Å². The van der Waals surface area contributed by atoms with Gasteiger partial charge in [-0.05, 0) is 47.8 Å². The molecule has 1 aliphatic heterocycles. The fourth-order valence-electron chi connectivity index (χ4n) is 3.95. The molecule has 0 bridgehead atoms. The first-order valence-corrected chi connectivity index (χ1v) is 11.2. The van der Waals surface area contributed by atoms with E-state index in [-0.39, 0.29) is 11.9 Å². The Kier molecular flexibility index (Phi) is 5.33. The van der Waals surface area contributed by atoms with Gasteiger partial charge in [0.05, 0.1) is 35.1 Å². The van der Waals surface area contributed by atoms with Crippen LogP contribution in [0.1, 0.15) is 29.8 Å². The minimum Gasteiger partial charge on any atom is -0.497 e. The molecule has 0 aliphatic carbocycles. The number of thiophene rings is 1. The van der Waals surface area contributed by atoms with E-state index >= 15 is 0 Å². The van der Waals surface area contributed by atoms with Crippen molar-refractivity contribution in [2.75, 3.05) is 7.11 Å². The summed E-state index contributed by atoms with van der Waals surface area (Å²) in [4.78, 5) is 13.6. The third-order valence-corrected chi connectivity index (χ3v) is 6.44. The highest BCUT2D eigenvalue weighted by molar-refractivity contribution is 7.12. The van der Waals surface area contributed by atoms with E-state index < -0.39 is 0 Å². The number of rotatable bonds is 5. The average molecular weight is 443 g/mol. The number of aromatic nitrogens is 2. The maximum absolute atomic E-state index is 12.5. The van der Waals surface area contributed by atoms with Crippen molar-refractivity contribution in [1.82, 2.24) is 14.8 Å². The molecule has 0 radical (unpaired) electrons. The van der Waals surface area contributed by atoms with E-state index in [1.54, 1.807) is 30.4 Å². The standard InChI is InChI=1S/C25H22N4O2S/c1-17(30)29-23(15-22(26-29)24-9-6-14-32-24)21-16-28(19-7-4-3-5-8-19)27-25(21)18-10-12-20(31-2)13-11-18/h3-14,16,23H,15H2,1-2H3/t23-/m0/s1. The molecule has 7 heteroatoms. The molecule has 1 aliphatic rings. The quantitative estimate of drug-likeness (QED) is 0.421. The maximum Gasteiger partial charge on any atom is 0.240 e. The van der Waals surface area contributed by atoms with Crippen molar-refractivity contribution < 1.29 is 9.53 Å². The first kappa shape index (κ1) is 20.2. The molecule has 0 spiro atoms. The minimum atomic E-state index is -0.223. The zero-order valence-electron chi connectivity index (χ0n) is 17.8. The van der Waals surface area contributed by atoms with Crippen molar-refractivity contribution in [2.45, 2.75) is 19.4 Å². The van der Waals surface area contributed by atoms with Crippen molar-refractivity contribution in [3.8, 4) is 22.7 Å². The van der Waals surface area contributed by atoms with Crippen molar-refractivity contribution in [1.29, 1.82) is 0 Å². The molecule has 1 atom stereocenters. The first-order chi connectivity index (χ1) is 15.6. The lowest BCUT2D eigenvalue weighted by molar-refractivity contribution is -0.130. The fraction of sp³-hybridized carbons (Fsp3) is 0.160. The van der Waals surface area contributed by atoms with Crippen LogP contribution < -0.4 is 4.74 Å². The van der Waals surface area contributed by atoms with Crippen molar-refractivity contribution >= 4 is 23.0 Å². The minimum absolute atomic E-state index is 0.0882. The second kappa shape index (κ2) is 8.43. The highest BCUT2D eigenvalue weighted by Crippen LogP contribution is 2.39. The molecule has 0 unspecified atom stereocenters. The smallest absolute Gasteiger partial charge is 0.240 e. The summed E-state index contributed by atoms with van der Waals surface area (Å²) in [6.07, 6.45) is 2.66. The normalized spacial score (nSPS) is 15.6.